The van der Waals surface area contributed by atoms with Crippen LogP contribution in [0.15, 0.2) is 41.7 Å². The third-order valence-electron chi connectivity index (χ3n) is 4.93. The van der Waals surface area contributed by atoms with Gasteiger partial charge in [0.15, 0.2) is 5.76 Å². The fourth-order valence-corrected chi connectivity index (χ4v) is 3.15. The van der Waals surface area contributed by atoms with Crippen molar-refractivity contribution in [2.24, 2.45) is 5.92 Å². The Labute approximate surface area is 174 Å². The van der Waals surface area contributed by atoms with Crippen LogP contribution in [0, 0.1) is 5.92 Å². The number of aliphatic hydroxyl groups is 1. The molecule has 1 aliphatic rings. The molecule has 162 valence electrons. The zero-order valence-corrected chi connectivity index (χ0v) is 17.2. The summed E-state index contributed by atoms with van der Waals surface area (Å²) >= 11 is 0. The second-order valence-electron chi connectivity index (χ2n) is 7.46. The minimum absolute atomic E-state index is 0.0295. The third kappa shape index (κ3) is 5.37. The fourth-order valence-electron chi connectivity index (χ4n) is 3.15. The zero-order valence-electron chi connectivity index (χ0n) is 17.2. The lowest BCUT2D eigenvalue weighted by molar-refractivity contribution is -0.144. The van der Waals surface area contributed by atoms with Gasteiger partial charge in [-0.25, -0.2) is 9.59 Å². The van der Waals surface area contributed by atoms with Crippen LogP contribution in [0.5, 0.6) is 0 Å². The van der Waals surface area contributed by atoms with E-state index in [9.17, 15) is 29.4 Å². The lowest BCUT2D eigenvalue weighted by Crippen LogP contribution is -2.56. The van der Waals surface area contributed by atoms with Crippen LogP contribution >= 0.6 is 0 Å². The van der Waals surface area contributed by atoms with Crippen molar-refractivity contribution in [3.8, 4) is 0 Å². The smallest absolute Gasteiger partial charge is 0.326 e. The lowest BCUT2D eigenvalue weighted by atomic mass is 10.0. The van der Waals surface area contributed by atoms with Crippen LogP contribution in [0.2, 0.25) is 0 Å². The van der Waals surface area contributed by atoms with Crippen LogP contribution in [0.25, 0.3) is 0 Å². The van der Waals surface area contributed by atoms with Crippen LogP contribution in [-0.4, -0.2) is 57.6 Å². The molecule has 4 N–H and O–H groups in total. The van der Waals surface area contributed by atoms with Gasteiger partial charge in [-0.2, -0.15) is 0 Å². The number of hydrogen-bond acceptors (Lipinski definition) is 5. The van der Waals surface area contributed by atoms with Crippen molar-refractivity contribution in [3.63, 3.8) is 0 Å². The molecule has 30 heavy (non-hydrogen) atoms. The van der Waals surface area contributed by atoms with Crippen LogP contribution in [0.4, 0.5) is 4.79 Å². The van der Waals surface area contributed by atoms with E-state index in [1.165, 1.54) is 0 Å². The SMILES string of the molecule is CCC1=C(O)C(=O)N(C(=O)[C@@H](NC(=O)N[C@@H](Cc2ccccc2)C(=O)O)C(C)C)C1. The summed E-state index contributed by atoms with van der Waals surface area (Å²) in [5.41, 5.74) is 1.19. The van der Waals surface area contributed by atoms with Gasteiger partial charge in [0.1, 0.15) is 12.1 Å². The summed E-state index contributed by atoms with van der Waals surface area (Å²) < 4.78 is 0. The maximum atomic E-state index is 12.9. The summed E-state index contributed by atoms with van der Waals surface area (Å²) in [6.07, 6.45) is 0.494. The number of aliphatic hydroxyl groups excluding tert-OH is 1. The fraction of sp³-hybridized carbons (Fsp3) is 0.429. The molecule has 1 aromatic carbocycles. The maximum Gasteiger partial charge on any atom is 0.326 e. The molecule has 2 atom stereocenters. The number of rotatable bonds is 8. The van der Waals surface area contributed by atoms with Crippen molar-refractivity contribution in [2.45, 2.75) is 45.7 Å². The average molecular weight is 417 g/mol. The van der Waals surface area contributed by atoms with Gasteiger partial charge in [-0.3, -0.25) is 14.5 Å². The van der Waals surface area contributed by atoms with E-state index in [2.05, 4.69) is 10.6 Å². The number of aliphatic carboxylic acids is 1. The highest BCUT2D eigenvalue weighted by atomic mass is 16.4. The summed E-state index contributed by atoms with van der Waals surface area (Å²) in [5.74, 6) is -3.47. The van der Waals surface area contributed by atoms with Gasteiger partial charge in [0, 0.05) is 6.42 Å². The summed E-state index contributed by atoms with van der Waals surface area (Å²) in [7, 11) is 0. The normalized spacial score (nSPS) is 15.9. The van der Waals surface area contributed by atoms with Crippen molar-refractivity contribution in [3.05, 3.63) is 47.2 Å². The number of imide groups is 1. The molecule has 1 aliphatic heterocycles. The first kappa shape index (κ1) is 22.9. The second kappa shape index (κ2) is 9.91. The Hall–Kier alpha value is -3.36. The Balaban J connectivity index is 2.06. The number of nitrogens with one attached hydrogen (secondary N) is 2. The van der Waals surface area contributed by atoms with Crippen molar-refractivity contribution in [1.82, 2.24) is 15.5 Å². The Morgan fingerprint density at radius 1 is 1.13 bits per heavy atom. The third-order valence-corrected chi connectivity index (χ3v) is 4.93. The quantitative estimate of drug-likeness (QED) is 0.507. The number of benzene rings is 1. The lowest BCUT2D eigenvalue weighted by Gasteiger charge is -2.26. The molecule has 0 aromatic heterocycles. The van der Waals surface area contributed by atoms with E-state index in [-0.39, 0.29) is 18.9 Å². The largest absolute Gasteiger partial charge is 0.503 e. The van der Waals surface area contributed by atoms with Gasteiger partial charge in [0.2, 0.25) is 0 Å². The molecule has 9 heteroatoms. The van der Waals surface area contributed by atoms with Crippen LogP contribution in [-0.2, 0) is 20.8 Å². The van der Waals surface area contributed by atoms with Gasteiger partial charge in [0.25, 0.3) is 11.8 Å². The molecule has 0 radical (unpaired) electrons. The van der Waals surface area contributed by atoms with Crippen LogP contribution in [0.3, 0.4) is 0 Å². The number of carboxylic acids is 1. The van der Waals surface area contributed by atoms with E-state index in [1.807, 2.05) is 0 Å². The van der Waals surface area contributed by atoms with Gasteiger partial charge in [0.05, 0.1) is 6.54 Å². The average Bonchev–Trinajstić information content (AvgIpc) is 3.00. The van der Waals surface area contributed by atoms with Crippen LogP contribution in [0.1, 0.15) is 32.8 Å². The van der Waals surface area contributed by atoms with Crippen molar-refractivity contribution in [2.75, 3.05) is 6.54 Å². The highest BCUT2D eigenvalue weighted by Gasteiger charge is 2.38. The van der Waals surface area contributed by atoms with Crippen molar-refractivity contribution >= 4 is 23.8 Å². The molecule has 1 aromatic rings. The summed E-state index contributed by atoms with van der Waals surface area (Å²) in [6, 6.07) is 5.75. The van der Waals surface area contributed by atoms with Crippen molar-refractivity contribution in [1.29, 1.82) is 0 Å². The highest BCUT2D eigenvalue weighted by Crippen LogP contribution is 2.21. The Morgan fingerprint density at radius 2 is 1.77 bits per heavy atom. The molecular weight excluding hydrogens is 390 g/mol. The number of carbonyl (C=O) groups is 4. The molecule has 0 unspecified atom stereocenters. The van der Waals surface area contributed by atoms with E-state index < -0.39 is 41.7 Å². The van der Waals surface area contributed by atoms with Gasteiger partial charge in [-0.1, -0.05) is 51.1 Å². The summed E-state index contributed by atoms with van der Waals surface area (Å²) in [6.45, 7) is 5.11. The molecule has 0 aliphatic carbocycles. The topological polar surface area (TPSA) is 136 Å². The number of amides is 4. The number of hydrogen-bond donors (Lipinski definition) is 4. The predicted molar refractivity (Wildman–Crippen MR) is 109 cm³/mol. The molecule has 9 nitrogen and oxygen atoms in total. The van der Waals surface area contributed by atoms with E-state index in [4.69, 9.17) is 0 Å². The second-order valence-corrected chi connectivity index (χ2v) is 7.46. The van der Waals surface area contributed by atoms with Crippen LogP contribution < -0.4 is 10.6 Å². The van der Waals surface area contributed by atoms with Gasteiger partial charge >= 0.3 is 12.0 Å². The first-order valence-electron chi connectivity index (χ1n) is 9.76. The maximum absolute atomic E-state index is 12.9. The summed E-state index contributed by atoms with van der Waals surface area (Å²) in [4.78, 5) is 50.0. The molecule has 4 amide bonds. The number of carbonyl (C=O) groups excluding carboxylic acids is 3. The first-order chi connectivity index (χ1) is 14.1. The Bertz CT molecular complexity index is 850. The molecule has 0 bridgehead atoms. The van der Waals surface area contributed by atoms with Gasteiger partial charge in [-0.05, 0) is 23.5 Å². The van der Waals surface area contributed by atoms with E-state index >= 15 is 0 Å². The first-order valence-corrected chi connectivity index (χ1v) is 9.76. The molecule has 1 heterocycles. The van der Waals surface area contributed by atoms with E-state index in [0.717, 1.165) is 10.5 Å². The predicted octanol–water partition coefficient (Wildman–Crippen LogP) is 1.60. The van der Waals surface area contributed by atoms with E-state index in [0.29, 0.717) is 12.0 Å². The van der Waals surface area contributed by atoms with Gasteiger partial charge in [-0.15, -0.1) is 0 Å². The monoisotopic (exact) mass is 417 g/mol. The summed E-state index contributed by atoms with van der Waals surface area (Å²) in [5, 5.41) is 24.1. The Morgan fingerprint density at radius 3 is 2.27 bits per heavy atom. The molecule has 0 saturated carbocycles. The molecule has 0 saturated heterocycles. The highest BCUT2D eigenvalue weighted by molar-refractivity contribution is 6.07. The number of urea groups is 1. The zero-order chi connectivity index (χ0) is 22.4. The standard InChI is InChI=1S/C21H27N3O6/c1-4-14-11-24(19(27)17(14)25)18(26)16(12(2)3)23-21(30)22-15(20(28)29)10-13-8-6-5-7-9-13/h5-9,12,15-16,25H,4,10-11H2,1-3H3,(H,28,29)(H2,22,23,30)/t15-,16-/m0/s1. The number of carboxylic acid groups (broad SMARTS) is 1. The molecule has 0 spiro atoms. The molecule has 2 rings (SSSR count). The minimum atomic E-state index is -1.21. The minimum Gasteiger partial charge on any atom is -0.503 e. The van der Waals surface area contributed by atoms with Crippen molar-refractivity contribution < 1.29 is 29.4 Å². The Kier molecular flexibility index (Phi) is 7.57. The van der Waals surface area contributed by atoms with Gasteiger partial charge < -0.3 is 20.8 Å². The molecule has 0 fully saturated rings. The molecular formula is C21H27N3O6. The van der Waals surface area contributed by atoms with E-state index in [1.54, 1.807) is 51.1 Å². The number of nitrogens with zero attached hydrogens (tertiary/aromatic N) is 1.